The van der Waals surface area contributed by atoms with Crippen molar-refractivity contribution in [2.45, 2.75) is 39.9 Å². The Morgan fingerprint density at radius 3 is 2.29 bits per heavy atom. The Kier molecular flexibility index (Phi) is 3.74. The van der Waals surface area contributed by atoms with E-state index in [1.165, 1.54) is 0 Å². The topological polar surface area (TPSA) is 31.4 Å². The van der Waals surface area contributed by atoms with E-state index in [9.17, 15) is 0 Å². The molecule has 0 atom stereocenters. The second kappa shape index (κ2) is 4.84. The van der Waals surface area contributed by atoms with Crippen molar-refractivity contribution in [3.05, 3.63) is 18.3 Å². The first-order chi connectivity index (χ1) is 6.59. The molecule has 1 heterocycles. The first-order valence-electron chi connectivity index (χ1n) is 4.88. The first kappa shape index (κ1) is 10.8. The molecule has 0 unspecified atom stereocenters. The van der Waals surface area contributed by atoms with Gasteiger partial charge in [-0.2, -0.15) is 0 Å². The maximum absolute atomic E-state index is 5.56. The molecule has 3 heteroatoms. The zero-order valence-corrected chi connectivity index (χ0v) is 9.15. The van der Waals surface area contributed by atoms with Gasteiger partial charge in [0.25, 0.3) is 5.88 Å². The van der Waals surface area contributed by atoms with E-state index in [1.807, 2.05) is 39.8 Å². The van der Waals surface area contributed by atoms with Crippen LogP contribution in [0.3, 0.4) is 0 Å². The maximum Gasteiger partial charge on any atom is 0.257 e. The highest BCUT2D eigenvalue weighted by Crippen LogP contribution is 2.25. The highest BCUT2D eigenvalue weighted by molar-refractivity contribution is 5.32. The summed E-state index contributed by atoms with van der Waals surface area (Å²) in [5, 5.41) is 0. The average Bonchev–Trinajstić information content (AvgIpc) is 2.06. The molecule has 0 aliphatic carbocycles. The summed E-state index contributed by atoms with van der Waals surface area (Å²) in [7, 11) is 0. The molecule has 3 nitrogen and oxygen atoms in total. The summed E-state index contributed by atoms with van der Waals surface area (Å²) in [6.45, 7) is 7.89. The van der Waals surface area contributed by atoms with Crippen LogP contribution >= 0.6 is 0 Å². The van der Waals surface area contributed by atoms with Crippen molar-refractivity contribution in [1.82, 2.24) is 4.98 Å². The lowest BCUT2D eigenvalue weighted by Crippen LogP contribution is -2.11. The molecule has 78 valence electrons. The minimum absolute atomic E-state index is 0.111. The van der Waals surface area contributed by atoms with E-state index in [-0.39, 0.29) is 12.2 Å². The van der Waals surface area contributed by atoms with Gasteiger partial charge in [0.15, 0.2) is 5.75 Å². The first-order valence-corrected chi connectivity index (χ1v) is 4.88. The van der Waals surface area contributed by atoms with Gasteiger partial charge in [-0.15, -0.1) is 0 Å². The van der Waals surface area contributed by atoms with E-state index in [0.717, 1.165) is 0 Å². The predicted molar refractivity (Wildman–Crippen MR) is 55.8 cm³/mol. The van der Waals surface area contributed by atoms with Gasteiger partial charge in [0.2, 0.25) is 0 Å². The average molecular weight is 195 g/mol. The highest BCUT2D eigenvalue weighted by atomic mass is 16.5. The summed E-state index contributed by atoms with van der Waals surface area (Å²) in [6, 6.07) is 3.70. The number of hydrogen-bond donors (Lipinski definition) is 0. The zero-order valence-electron chi connectivity index (χ0n) is 9.15. The molecule has 0 spiro atoms. The Labute approximate surface area is 85.1 Å². The van der Waals surface area contributed by atoms with Gasteiger partial charge in [0.1, 0.15) is 0 Å². The van der Waals surface area contributed by atoms with E-state index >= 15 is 0 Å². The van der Waals surface area contributed by atoms with Gasteiger partial charge >= 0.3 is 0 Å². The van der Waals surface area contributed by atoms with Crippen molar-refractivity contribution in [2.75, 3.05) is 0 Å². The zero-order chi connectivity index (χ0) is 10.6. The molecule has 1 rings (SSSR count). The molecule has 0 bridgehead atoms. The van der Waals surface area contributed by atoms with Crippen molar-refractivity contribution in [3.63, 3.8) is 0 Å². The predicted octanol–water partition coefficient (Wildman–Crippen LogP) is 2.66. The van der Waals surface area contributed by atoms with Gasteiger partial charge in [-0.05, 0) is 39.8 Å². The second-order valence-electron chi connectivity index (χ2n) is 3.64. The van der Waals surface area contributed by atoms with E-state index in [1.54, 1.807) is 6.20 Å². The number of ether oxygens (including phenoxy) is 2. The Morgan fingerprint density at radius 2 is 1.71 bits per heavy atom. The van der Waals surface area contributed by atoms with Gasteiger partial charge < -0.3 is 9.47 Å². The normalized spacial score (nSPS) is 10.7. The van der Waals surface area contributed by atoms with Crippen molar-refractivity contribution in [1.29, 1.82) is 0 Å². The van der Waals surface area contributed by atoms with Crippen LogP contribution in [0.15, 0.2) is 18.3 Å². The van der Waals surface area contributed by atoms with Gasteiger partial charge in [-0.3, -0.25) is 0 Å². The number of rotatable bonds is 4. The van der Waals surface area contributed by atoms with Crippen molar-refractivity contribution in [2.24, 2.45) is 0 Å². The lowest BCUT2D eigenvalue weighted by Gasteiger charge is -2.15. The van der Waals surface area contributed by atoms with Crippen LogP contribution in [-0.4, -0.2) is 17.2 Å². The molecule has 14 heavy (non-hydrogen) atoms. The van der Waals surface area contributed by atoms with Crippen molar-refractivity contribution in [3.8, 4) is 11.6 Å². The molecule has 0 aromatic carbocycles. The molecule has 0 radical (unpaired) electrons. The van der Waals surface area contributed by atoms with Crippen molar-refractivity contribution >= 4 is 0 Å². The number of pyridine rings is 1. The van der Waals surface area contributed by atoms with Crippen molar-refractivity contribution < 1.29 is 9.47 Å². The number of aromatic nitrogens is 1. The lowest BCUT2D eigenvalue weighted by atomic mass is 10.4. The van der Waals surface area contributed by atoms with E-state index in [4.69, 9.17) is 9.47 Å². The Balaban J connectivity index is 2.80. The molecule has 0 N–H and O–H groups in total. The Hall–Kier alpha value is -1.25. The molecule has 0 saturated heterocycles. The SMILES string of the molecule is CC(C)Oc1cccnc1OC(C)C. The summed E-state index contributed by atoms with van der Waals surface area (Å²) in [6.07, 6.45) is 1.94. The monoisotopic (exact) mass is 195 g/mol. The largest absolute Gasteiger partial charge is 0.485 e. The van der Waals surface area contributed by atoms with Crippen LogP contribution in [0.25, 0.3) is 0 Å². The summed E-state index contributed by atoms with van der Waals surface area (Å²) in [5.74, 6) is 1.27. The minimum Gasteiger partial charge on any atom is -0.485 e. The molecule has 0 saturated carbocycles. The fourth-order valence-electron chi connectivity index (χ4n) is 1.03. The van der Waals surface area contributed by atoms with E-state index in [2.05, 4.69) is 4.98 Å². The standard InChI is InChI=1S/C11H17NO2/c1-8(2)13-10-6-5-7-12-11(10)14-9(3)4/h5-9H,1-4H3. The second-order valence-corrected chi connectivity index (χ2v) is 3.64. The molecular weight excluding hydrogens is 178 g/mol. The molecule has 1 aromatic rings. The van der Waals surface area contributed by atoms with Gasteiger partial charge in [0, 0.05) is 6.20 Å². The molecular formula is C11H17NO2. The van der Waals surface area contributed by atoms with Crippen LogP contribution in [0.1, 0.15) is 27.7 Å². The van der Waals surface area contributed by atoms with E-state index in [0.29, 0.717) is 11.6 Å². The number of hydrogen-bond acceptors (Lipinski definition) is 3. The fraction of sp³-hybridized carbons (Fsp3) is 0.545. The van der Waals surface area contributed by atoms with Gasteiger partial charge in [-0.1, -0.05) is 0 Å². The van der Waals surface area contributed by atoms with Crippen LogP contribution in [-0.2, 0) is 0 Å². The molecule has 0 aliphatic rings. The van der Waals surface area contributed by atoms with Gasteiger partial charge in [0.05, 0.1) is 12.2 Å². The maximum atomic E-state index is 5.56. The van der Waals surface area contributed by atoms with Crippen LogP contribution in [0.5, 0.6) is 11.6 Å². The van der Waals surface area contributed by atoms with E-state index < -0.39 is 0 Å². The minimum atomic E-state index is 0.111. The Bertz CT molecular complexity index is 255. The summed E-state index contributed by atoms with van der Waals surface area (Å²) < 4.78 is 11.1. The molecule has 1 aromatic heterocycles. The summed E-state index contributed by atoms with van der Waals surface area (Å²) in [4.78, 5) is 4.12. The molecule has 0 amide bonds. The third-order valence-electron chi connectivity index (χ3n) is 1.45. The third kappa shape index (κ3) is 3.24. The van der Waals surface area contributed by atoms with Crippen LogP contribution < -0.4 is 9.47 Å². The Morgan fingerprint density at radius 1 is 1.07 bits per heavy atom. The summed E-state index contributed by atoms with van der Waals surface area (Å²) >= 11 is 0. The van der Waals surface area contributed by atoms with Gasteiger partial charge in [-0.25, -0.2) is 4.98 Å². The third-order valence-corrected chi connectivity index (χ3v) is 1.45. The molecule has 0 aliphatic heterocycles. The van der Waals surface area contributed by atoms with Crippen LogP contribution in [0.2, 0.25) is 0 Å². The lowest BCUT2D eigenvalue weighted by molar-refractivity contribution is 0.191. The van der Waals surface area contributed by atoms with Crippen LogP contribution in [0, 0.1) is 0 Å². The number of nitrogens with zero attached hydrogens (tertiary/aromatic N) is 1. The smallest absolute Gasteiger partial charge is 0.257 e. The van der Waals surface area contributed by atoms with Crippen LogP contribution in [0.4, 0.5) is 0 Å². The molecule has 0 fully saturated rings. The summed E-state index contributed by atoms with van der Waals surface area (Å²) in [5.41, 5.74) is 0. The quantitative estimate of drug-likeness (QED) is 0.740. The highest BCUT2D eigenvalue weighted by Gasteiger charge is 2.08. The fourth-order valence-corrected chi connectivity index (χ4v) is 1.03.